The minimum atomic E-state index is -0.410. The molecule has 1 aliphatic rings. The van der Waals surface area contributed by atoms with Crippen molar-refractivity contribution in [2.24, 2.45) is 0 Å². The van der Waals surface area contributed by atoms with E-state index in [0.29, 0.717) is 19.3 Å². The second-order valence-electron chi connectivity index (χ2n) is 6.72. The predicted molar refractivity (Wildman–Crippen MR) is 96.8 cm³/mol. The highest BCUT2D eigenvalue weighted by atomic mass is 16.5. The van der Waals surface area contributed by atoms with Gasteiger partial charge in [-0.1, -0.05) is 60.2 Å². The Morgan fingerprint density at radius 1 is 1.04 bits per heavy atom. The van der Waals surface area contributed by atoms with E-state index in [9.17, 15) is 5.11 Å². The van der Waals surface area contributed by atoms with Crippen LogP contribution < -0.4 is 0 Å². The average Bonchev–Trinajstić information content (AvgIpc) is 2.62. The maximum Gasteiger partial charge on any atom is 0.0916 e. The van der Waals surface area contributed by atoms with Crippen LogP contribution in [0.1, 0.15) is 35.6 Å². The maximum atomic E-state index is 10.4. The molecule has 24 heavy (non-hydrogen) atoms. The Balaban J connectivity index is 1.41. The third-order valence-corrected chi connectivity index (χ3v) is 4.76. The highest BCUT2D eigenvalue weighted by molar-refractivity contribution is 5.23. The molecule has 2 aromatic rings. The van der Waals surface area contributed by atoms with Gasteiger partial charge >= 0.3 is 0 Å². The van der Waals surface area contributed by atoms with Gasteiger partial charge in [-0.25, -0.2) is 0 Å². The largest absolute Gasteiger partial charge is 0.387 e. The van der Waals surface area contributed by atoms with Gasteiger partial charge in [0.2, 0.25) is 0 Å². The van der Waals surface area contributed by atoms with Crippen LogP contribution in [0.2, 0.25) is 0 Å². The molecule has 1 unspecified atom stereocenters. The maximum absolute atomic E-state index is 10.4. The van der Waals surface area contributed by atoms with Crippen LogP contribution in [0, 0.1) is 6.92 Å². The molecule has 2 aromatic carbocycles. The molecular weight excluding hydrogens is 298 g/mol. The molecule has 1 fully saturated rings. The van der Waals surface area contributed by atoms with E-state index in [1.807, 2.05) is 30.3 Å². The van der Waals surface area contributed by atoms with Gasteiger partial charge < -0.3 is 14.7 Å². The lowest BCUT2D eigenvalue weighted by molar-refractivity contribution is -0.0109. The summed E-state index contributed by atoms with van der Waals surface area (Å²) in [5.74, 6) is 0. The van der Waals surface area contributed by atoms with Crippen molar-refractivity contribution in [2.45, 2.75) is 38.6 Å². The summed E-state index contributed by atoms with van der Waals surface area (Å²) >= 11 is 0. The third-order valence-electron chi connectivity index (χ3n) is 4.76. The number of β-amino-alcohol motifs (C(OH)–C–C–N with tert-alkyl or cyclic N) is 1. The summed E-state index contributed by atoms with van der Waals surface area (Å²) in [5.41, 5.74) is 3.46. The van der Waals surface area contributed by atoms with E-state index in [2.05, 4.69) is 36.1 Å². The topological polar surface area (TPSA) is 32.7 Å². The van der Waals surface area contributed by atoms with Crippen molar-refractivity contribution >= 4 is 0 Å². The molecule has 1 aliphatic heterocycles. The van der Waals surface area contributed by atoms with Crippen LogP contribution in [0.4, 0.5) is 0 Å². The SMILES string of the molecule is Cc1ccc(C(O)CN2CCC(OCc3ccccc3)CC2)cc1. The zero-order chi connectivity index (χ0) is 16.8. The second-order valence-corrected chi connectivity index (χ2v) is 6.72. The Labute approximate surface area is 144 Å². The van der Waals surface area contributed by atoms with Crippen molar-refractivity contribution in [1.29, 1.82) is 0 Å². The number of aliphatic hydroxyl groups excluding tert-OH is 1. The Kier molecular flexibility index (Phi) is 6.02. The summed E-state index contributed by atoms with van der Waals surface area (Å²) in [5, 5.41) is 10.4. The normalized spacial score (nSPS) is 17.8. The lowest BCUT2D eigenvalue weighted by atomic mass is 10.0. The van der Waals surface area contributed by atoms with Gasteiger partial charge in [-0.15, -0.1) is 0 Å². The van der Waals surface area contributed by atoms with E-state index < -0.39 is 6.10 Å². The van der Waals surface area contributed by atoms with Crippen LogP contribution >= 0.6 is 0 Å². The number of aryl methyl sites for hydroxylation is 1. The monoisotopic (exact) mass is 325 g/mol. The zero-order valence-electron chi connectivity index (χ0n) is 14.4. The fourth-order valence-electron chi connectivity index (χ4n) is 3.19. The van der Waals surface area contributed by atoms with E-state index in [1.54, 1.807) is 0 Å². The lowest BCUT2D eigenvalue weighted by Gasteiger charge is -2.33. The molecule has 1 atom stereocenters. The van der Waals surface area contributed by atoms with E-state index in [0.717, 1.165) is 31.5 Å². The number of hydrogen-bond donors (Lipinski definition) is 1. The van der Waals surface area contributed by atoms with Crippen LogP contribution in [0.5, 0.6) is 0 Å². The number of benzene rings is 2. The highest BCUT2D eigenvalue weighted by Crippen LogP contribution is 2.20. The molecule has 0 amide bonds. The number of likely N-dealkylation sites (tertiary alicyclic amines) is 1. The number of rotatable bonds is 6. The number of hydrogen-bond acceptors (Lipinski definition) is 3. The highest BCUT2D eigenvalue weighted by Gasteiger charge is 2.22. The lowest BCUT2D eigenvalue weighted by Crippen LogP contribution is -2.39. The predicted octanol–water partition coefficient (Wildman–Crippen LogP) is 3.71. The summed E-state index contributed by atoms with van der Waals surface area (Å²) < 4.78 is 6.03. The molecule has 1 saturated heterocycles. The van der Waals surface area contributed by atoms with Gasteiger partial charge in [0.05, 0.1) is 18.8 Å². The van der Waals surface area contributed by atoms with Crippen LogP contribution in [0.15, 0.2) is 54.6 Å². The first-order valence-electron chi connectivity index (χ1n) is 8.83. The van der Waals surface area contributed by atoms with Gasteiger partial charge in [0.15, 0.2) is 0 Å². The van der Waals surface area contributed by atoms with Crippen molar-refractivity contribution in [3.05, 3.63) is 71.3 Å². The van der Waals surface area contributed by atoms with E-state index >= 15 is 0 Å². The van der Waals surface area contributed by atoms with E-state index in [4.69, 9.17) is 4.74 Å². The Bertz CT molecular complexity index is 603. The van der Waals surface area contributed by atoms with Crippen LogP contribution in [0.3, 0.4) is 0 Å². The molecule has 0 aromatic heterocycles. The molecule has 3 rings (SSSR count). The van der Waals surface area contributed by atoms with Gasteiger partial charge in [-0.3, -0.25) is 0 Å². The van der Waals surface area contributed by atoms with Crippen molar-refractivity contribution in [3.63, 3.8) is 0 Å². The number of ether oxygens (including phenoxy) is 1. The Morgan fingerprint density at radius 2 is 1.71 bits per heavy atom. The molecule has 0 saturated carbocycles. The smallest absolute Gasteiger partial charge is 0.0916 e. The van der Waals surface area contributed by atoms with E-state index in [1.165, 1.54) is 11.1 Å². The van der Waals surface area contributed by atoms with E-state index in [-0.39, 0.29) is 0 Å². The molecular formula is C21H27NO2. The molecule has 0 bridgehead atoms. The number of aliphatic hydroxyl groups is 1. The van der Waals surface area contributed by atoms with Gasteiger partial charge in [0, 0.05) is 19.6 Å². The fourth-order valence-corrected chi connectivity index (χ4v) is 3.19. The van der Waals surface area contributed by atoms with Crippen molar-refractivity contribution in [1.82, 2.24) is 4.90 Å². The fraction of sp³-hybridized carbons (Fsp3) is 0.429. The van der Waals surface area contributed by atoms with Gasteiger partial charge in [-0.2, -0.15) is 0 Å². The van der Waals surface area contributed by atoms with Crippen LogP contribution in [-0.2, 0) is 11.3 Å². The molecule has 0 aliphatic carbocycles. The van der Waals surface area contributed by atoms with Crippen molar-refractivity contribution in [3.8, 4) is 0 Å². The molecule has 3 nitrogen and oxygen atoms in total. The second kappa shape index (κ2) is 8.43. The molecule has 1 heterocycles. The van der Waals surface area contributed by atoms with Crippen LogP contribution in [-0.4, -0.2) is 35.7 Å². The number of piperidine rings is 1. The van der Waals surface area contributed by atoms with Gasteiger partial charge in [0.25, 0.3) is 0 Å². The molecule has 0 radical (unpaired) electrons. The minimum absolute atomic E-state index is 0.331. The summed E-state index contributed by atoms with van der Waals surface area (Å²) in [7, 11) is 0. The average molecular weight is 325 g/mol. The summed E-state index contributed by atoms with van der Waals surface area (Å²) in [6.45, 7) is 5.44. The first-order valence-corrected chi connectivity index (χ1v) is 8.83. The molecule has 1 N–H and O–H groups in total. The first-order chi connectivity index (χ1) is 11.7. The van der Waals surface area contributed by atoms with Crippen molar-refractivity contribution < 1.29 is 9.84 Å². The first kappa shape index (κ1) is 17.2. The standard InChI is InChI=1S/C21H27NO2/c1-17-7-9-19(10-8-17)21(23)15-22-13-11-20(12-14-22)24-16-18-5-3-2-4-6-18/h2-10,20-21,23H,11-16H2,1H3. The molecule has 3 heteroatoms. The summed E-state index contributed by atoms with van der Waals surface area (Å²) in [6.07, 6.45) is 1.99. The zero-order valence-corrected chi connectivity index (χ0v) is 14.4. The van der Waals surface area contributed by atoms with Gasteiger partial charge in [-0.05, 0) is 30.9 Å². The minimum Gasteiger partial charge on any atom is -0.387 e. The van der Waals surface area contributed by atoms with Crippen molar-refractivity contribution in [2.75, 3.05) is 19.6 Å². The molecule has 0 spiro atoms. The summed E-state index contributed by atoms with van der Waals surface area (Å²) in [4.78, 5) is 2.34. The Hall–Kier alpha value is -1.68. The number of nitrogens with zero attached hydrogens (tertiary/aromatic N) is 1. The quantitative estimate of drug-likeness (QED) is 0.879. The Morgan fingerprint density at radius 3 is 2.38 bits per heavy atom. The summed E-state index contributed by atoms with van der Waals surface area (Å²) in [6, 6.07) is 18.5. The third kappa shape index (κ3) is 4.91. The molecule has 128 valence electrons. The van der Waals surface area contributed by atoms with Gasteiger partial charge in [0.1, 0.15) is 0 Å². The van der Waals surface area contributed by atoms with Crippen LogP contribution in [0.25, 0.3) is 0 Å².